The minimum atomic E-state index is -0.477. The van der Waals surface area contributed by atoms with Gasteiger partial charge in [0.1, 0.15) is 5.82 Å². The molecule has 1 unspecified atom stereocenters. The summed E-state index contributed by atoms with van der Waals surface area (Å²) in [6.07, 6.45) is 1.84. The fourth-order valence-corrected chi connectivity index (χ4v) is 2.90. The molecule has 1 aromatic heterocycles. The van der Waals surface area contributed by atoms with Gasteiger partial charge < -0.3 is 10.4 Å². The van der Waals surface area contributed by atoms with E-state index in [1.807, 2.05) is 6.20 Å². The van der Waals surface area contributed by atoms with Crippen LogP contribution in [0.25, 0.3) is 0 Å². The van der Waals surface area contributed by atoms with E-state index in [0.717, 1.165) is 9.88 Å². The number of hydrogen-bond acceptors (Lipinski definition) is 4. The second-order valence-electron chi connectivity index (χ2n) is 5.11. The van der Waals surface area contributed by atoms with Crippen molar-refractivity contribution in [1.29, 1.82) is 0 Å². The van der Waals surface area contributed by atoms with Gasteiger partial charge in [0.25, 0.3) is 0 Å². The monoisotopic (exact) mass is 328 g/mol. The summed E-state index contributed by atoms with van der Waals surface area (Å²) >= 11 is 7.31. The topological polar surface area (TPSA) is 45.2 Å². The molecule has 6 heteroatoms. The van der Waals surface area contributed by atoms with Crippen LogP contribution >= 0.6 is 22.9 Å². The lowest BCUT2D eigenvalue weighted by Gasteiger charge is -2.16. The molecule has 2 N–H and O–H groups in total. The van der Waals surface area contributed by atoms with Gasteiger partial charge in [-0.3, -0.25) is 0 Å². The maximum Gasteiger partial charge on any atom is 0.142 e. The molecule has 0 bridgehead atoms. The van der Waals surface area contributed by atoms with Gasteiger partial charge in [-0.25, -0.2) is 9.37 Å². The lowest BCUT2D eigenvalue weighted by molar-refractivity contribution is 0.243. The van der Waals surface area contributed by atoms with E-state index in [2.05, 4.69) is 24.1 Å². The fourth-order valence-electron chi connectivity index (χ4n) is 1.91. The lowest BCUT2D eigenvalue weighted by Crippen LogP contribution is -2.23. The number of nitrogens with one attached hydrogen (secondary N) is 1. The molecule has 0 radical (unpaired) electrons. The van der Waals surface area contributed by atoms with Crippen LogP contribution in [-0.2, 0) is 6.54 Å². The Morgan fingerprint density at radius 1 is 1.43 bits per heavy atom. The van der Waals surface area contributed by atoms with E-state index in [4.69, 9.17) is 11.6 Å². The molecule has 0 saturated heterocycles. The molecular formula is C15H18ClFN2OS. The first-order valence-electron chi connectivity index (χ1n) is 6.75. The van der Waals surface area contributed by atoms with Crippen molar-refractivity contribution in [3.63, 3.8) is 0 Å². The highest BCUT2D eigenvalue weighted by atomic mass is 35.5. The number of aliphatic hydroxyl groups is 1. The van der Waals surface area contributed by atoms with Gasteiger partial charge in [0, 0.05) is 23.5 Å². The Morgan fingerprint density at radius 2 is 2.19 bits per heavy atom. The smallest absolute Gasteiger partial charge is 0.142 e. The number of rotatable bonds is 6. The molecule has 1 aromatic carbocycles. The highest BCUT2D eigenvalue weighted by Crippen LogP contribution is 2.23. The number of aliphatic hydroxyl groups excluding tert-OH is 1. The van der Waals surface area contributed by atoms with Gasteiger partial charge in [-0.15, -0.1) is 11.3 Å². The largest absolute Gasteiger partial charge is 0.394 e. The molecule has 1 atom stereocenters. The molecule has 3 nitrogen and oxygen atoms in total. The number of halogens is 2. The quantitative estimate of drug-likeness (QED) is 0.845. The van der Waals surface area contributed by atoms with Crippen molar-refractivity contribution in [2.75, 3.05) is 6.61 Å². The van der Waals surface area contributed by atoms with Gasteiger partial charge in [-0.1, -0.05) is 31.5 Å². The Morgan fingerprint density at radius 3 is 2.76 bits per heavy atom. The maximum absolute atomic E-state index is 13.5. The molecule has 114 valence electrons. The molecule has 0 amide bonds. The summed E-state index contributed by atoms with van der Waals surface area (Å²) in [5.41, 5.74) is 0.674. The number of hydrogen-bond donors (Lipinski definition) is 2. The molecule has 0 aliphatic rings. The zero-order valence-electron chi connectivity index (χ0n) is 11.9. The van der Waals surface area contributed by atoms with Crippen LogP contribution in [0.5, 0.6) is 0 Å². The predicted octanol–water partition coefficient (Wildman–Crippen LogP) is 3.88. The highest BCUT2D eigenvalue weighted by molar-refractivity contribution is 7.11. The maximum atomic E-state index is 13.5. The summed E-state index contributed by atoms with van der Waals surface area (Å²) in [7, 11) is 0. The minimum absolute atomic E-state index is 0.0828. The second-order valence-corrected chi connectivity index (χ2v) is 6.66. The van der Waals surface area contributed by atoms with Gasteiger partial charge in [0.05, 0.1) is 22.7 Å². The molecule has 1 heterocycles. The molecule has 2 rings (SSSR count). The van der Waals surface area contributed by atoms with Crippen LogP contribution in [0.3, 0.4) is 0 Å². The Hall–Kier alpha value is -1.01. The normalized spacial score (nSPS) is 12.9. The number of benzene rings is 1. The van der Waals surface area contributed by atoms with E-state index < -0.39 is 5.82 Å². The van der Waals surface area contributed by atoms with E-state index in [-0.39, 0.29) is 17.7 Å². The molecule has 0 aliphatic carbocycles. The van der Waals surface area contributed by atoms with Gasteiger partial charge in [-0.05, 0) is 17.7 Å². The van der Waals surface area contributed by atoms with Crippen LogP contribution in [-0.4, -0.2) is 16.7 Å². The van der Waals surface area contributed by atoms with Gasteiger partial charge in [0.15, 0.2) is 0 Å². The van der Waals surface area contributed by atoms with Crippen molar-refractivity contribution >= 4 is 22.9 Å². The molecule has 0 saturated carbocycles. The third-order valence-electron chi connectivity index (χ3n) is 3.12. The van der Waals surface area contributed by atoms with Crippen LogP contribution in [0.1, 0.15) is 41.3 Å². The molecule has 0 spiro atoms. The Labute approximate surface area is 132 Å². The summed E-state index contributed by atoms with van der Waals surface area (Å²) in [5, 5.41) is 13.9. The second kappa shape index (κ2) is 7.31. The van der Waals surface area contributed by atoms with E-state index in [9.17, 15) is 9.50 Å². The van der Waals surface area contributed by atoms with Crippen molar-refractivity contribution < 1.29 is 9.50 Å². The van der Waals surface area contributed by atoms with E-state index in [1.54, 1.807) is 17.4 Å². The number of aromatic nitrogens is 1. The van der Waals surface area contributed by atoms with Crippen LogP contribution < -0.4 is 5.32 Å². The van der Waals surface area contributed by atoms with E-state index in [1.165, 1.54) is 12.1 Å². The molecule has 0 fully saturated rings. The Bertz CT molecular complexity index is 603. The summed E-state index contributed by atoms with van der Waals surface area (Å²) < 4.78 is 13.5. The highest BCUT2D eigenvalue weighted by Gasteiger charge is 2.13. The fraction of sp³-hybridized carbons (Fsp3) is 0.400. The van der Waals surface area contributed by atoms with Crippen LogP contribution in [0.4, 0.5) is 4.39 Å². The number of thiazole rings is 1. The first kappa shape index (κ1) is 16.4. The number of nitrogens with zero attached hydrogens (tertiary/aromatic N) is 1. The Kier molecular flexibility index (Phi) is 5.70. The predicted molar refractivity (Wildman–Crippen MR) is 84.3 cm³/mol. The summed E-state index contributed by atoms with van der Waals surface area (Å²) in [4.78, 5) is 5.45. The third kappa shape index (κ3) is 4.23. The Balaban J connectivity index is 2.03. The van der Waals surface area contributed by atoms with Crippen LogP contribution in [0.15, 0.2) is 24.4 Å². The van der Waals surface area contributed by atoms with Gasteiger partial charge in [0.2, 0.25) is 0 Å². The molecule has 21 heavy (non-hydrogen) atoms. The minimum Gasteiger partial charge on any atom is -0.394 e. The summed E-state index contributed by atoms with van der Waals surface area (Å²) in [6.45, 7) is 4.67. The van der Waals surface area contributed by atoms with Crippen molar-refractivity contribution in [1.82, 2.24) is 10.3 Å². The first-order chi connectivity index (χ1) is 10.0. The molecule has 2 aromatic rings. The van der Waals surface area contributed by atoms with E-state index in [0.29, 0.717) is 18.0 Å². The average Bonchev–Trinajstić information content (AvgIpc) is 2.92. The van der Waals surface area contributed by atoms with Crippen molar-refractivity contribution in [2.45, 2.75) is 32.4 Å². The van der Waals surface area contributed by atoms with Gasteiger partial charge in [-0.2, -0.15) is 0 Å². The van der Waals surface area contributed by atoms with Crippen LogP contribution in [0, 0.1) is 5.82 Å². The average molecular weight is 329 g/mol. The molecular weight excluding hydrogens is 311 g/mol. The summed E-state index contributed by atoms with van der Waals surface area (Å²) in [5.74, 6) is -0.0722. The van der Waals surface area contributed by atoms with E-state index >= 15 is 0 Å². The zero-order valence-corrected chi connectivity index (χ0v) is 13.5. The van der Waals surface area contributed by atoms with Crippen molar-refractivity contribution in [2.24, 2.45) is 0 Å². The zero-order chi connectivity index (χ0) is 15.4. The van der Waals surface area contributed by atoms with Gasteiger partial charge >= 0.3 is 0 Å². The first-order valence-corrected chi connectivity index (χ1v) is 7.94. The third-order valence-corrected chi connectivity index (χ3v) is 4.72. The van der Waals surface area contributed by atoms with Crippen molar-refractivity contribution in [3.8, 4) is 0 Å². The standard InChI is InChI=1S/C15H18ClFN2OS/c1-9(2)15-19-7-11(21-15)6-18-14(8-20)10-3-4-12(16)13(17)5-10/h3-5,7,9,14,18,20H,6,8H2,1-2H3. The molecule has 0 aliphatic heterocycles. The van der Waals surface area contributed by atoms with Crippen molar-refractivity contribution in [3.05, 3.63) is 50.7 Å². The SMILES string of the molecule is CC(C)c1ncc(CNC(CO)c2ccc(Cl)c(F)c2)s1. The summed E-state index contributed by atoms with van der Waals surface area (Å²) in [6, 6.07) is 4.23. The van der Waals surface area contributed by atoms with Crippen LogP contribution in [0.2, 0.25) is 5.02 Å². The lowest BCUT2D eigenvalue weighted by atomic mass is 10.1.